The van der Waals surface area contributed by atoms with Gasteiger partial charge in [-0.3, -0.25) is 4.99 Å². The lowest BCUT2D eigenvalue weighted by Gasteiger charge is -2.46. The minimum Gasteiger partial charge on any atom is -0.369 e. The number of aryl methyl sites for hydroxylation is 1. The normalized spacial score (nSPS) is 23.9. The number of aliphatic imine (C=N–C) groups is 1. The van der Waals surface area contributed by atoms with E-state index in [2.05, 4.69) is 54.9 Å². The Hall–Kier alpha value is -1.51. The molecule has 0 atom stereocenters. The van der Waals surface area contributed by atoms with Crippen molar-refractivity contribution >= 4 is 11.6 Å². The second kappa shape index (κ2) is 4.51. The highest BCUT2D eigenvalue weighted by Crippen LogP contribution is 2.46. The van der Waals surface area contributed by atoms with Gasteiger partial charge in [-0.15, -0.1) is 0 Å². The molecule has 1 aromatic rings. The first-order chi connectivity index (χ1) is 9.42. The van der Waals surface area contributed by atoms with Gasteiger partial charge in [0.2, 0.25) is 0 Å². The van der Waals surface area contributed by atoms with Crippen molar-refractivity contribution in [3.8, 4) is 0 Å². The smallest absolute Gasteiger partial charge is 0.196 e. The van der Waals surface area contributed by atoms with Gasteiger partial charge in [0, 0.05) is 5.69 Å². The van der Waals surface area contributed by atoms with E-state index in [4.69, 9.17) is 5.73 Å². The van der Waals surface area contributed by atoms with Crippen LogP contribution in [0.5, 0.6) is 0 Å². The van der Waals surface area contributed by atoms with Gasteiger partial charge in [0.25, 0.3) is 0 Å². The predicted octanol–water partition coefficient (Wildman–Crippen LogP) is 3.47. The van der Waals surface area contributed by atoms with E-state index < -0.39 is 0 Å². The number of rotatable bonds is 1. The van der Waals surface area contributed by atoms with Gasteiger partial charge in [0.15, 0.2) is 5.96 Å². The molecule has 0 radical (unpaired) electrons. The predicted molar refractivity (Wildman–Crippen MR) is 85.1 cm³/mol. The summed E-state index contributed by atoms with van der Waals surface area (Å²) >= 11 is 0. The molecule has 1 aromatic carbocycles. The molecule has 1 heterocycles. The van der Waals surface area contributed by atoms with Crippen molar-refractivity contribution in [2.75, 3.05) is 11.4 Å². The molecule has 3 heteroatoms. The van der Waals surface area contributed by atoms with Crippen LogP contribution in [0.3, 0.4) is 0 Å². The van der Waals surface area contributed by atoms with Gasteiger partial charge in [-0.05, 0) is 50.2 Å². The van der Waals surface area contributed by atoms with Gasteiger partial charge in [-0.2, -0.15) is 0 Å². The molecule has 20 heavy (non-hydrogen) atoms. The van der Waals surface area contributed by atoms with Crippen LogP contribution in [0.15, 0.2) is 29.3 Å². The van der Waals surface area contributed by atoms with Crippen molar-refractivity contribution in [2.24, 2.45) is 16.1 Å². The molecule has 3 rings (SSSR count). The van der Waals surface area contributed by atoms with Gasteiger partial charge in [-0.25, -0.2) is 0 Å². The summed E-state index contributed by atoms with van der Waals surface area (Å²) in [4.78, 5) is 6.85. The van der Waals surface area contributed by atoms with Crippen molar-refractivity contribution in [1.29, 1.82) is 0 Å². The monoisotopic (exact) mass is 271 g/mol. The molecular formula is C17H25N3. The topological polar surface area (TPSA) is 41.6 Å². The lowest BCUT2D eigenvalue weighted by molar-refractivity contribution is 0.176. The van der Waals surface area contributed by atoms with E-state index in [0.717, 1.165) is 6.54 Å². The third-order valence-corrected chi connectivity index (χ3v) is 5.07. The Labute approximate surface area is 121 Å². The number of hydrogen-bond acceptors (Lipinski definition) is 3. The van der Waals surface area contributed by atoms with Crippen molar-refractivity contribution in [3.63, 3.8) is 0 Å². The van der Waals surface area contributed by atoms with E-state index in [1.54, 1.807) is 0 Å². The molecule has 0 amide bonds. The summed E-state index contributed by atoms with van der Waals surface area (Å²) in [7, 11) is 0. The number of nitrogens with two attached hydrogens (primary N) is 1. The lowest BCUT2D eigenvalue weighted by Crippen LogP contribution is -2.54. The van der Waals surface area contributed by atoms with Gasteiger partial charge in [0.05, 0.1) is 12.1 Å². The third-order valence-electron chi connectivity index (χ3n) is 5.07. The minimum atomic E-state index is 0.120. The Morgan fingerprint density at radius 3 is 2.25 bits per heavy atom. The molecule has 0 unspecified atom stereocenters. The van der Waals surface area contributed by atoms with E-state index >= 15 is 0 Å². The highest BCUT2D eigenvalue weighted by molar-refractivity contribution is 5.98. The lowest BCUT2D eigenvalue weighted by atomic mass is 9.69. The van der Waals surface area contributed by atoms with Crippen LogP contribution in [0.2, 0.25) is 0 Å². The standard InChI is InChI=1S/C17H25N3/c1-13-4-6-14(7-5-13)20-15(18)19-12-17(20)10-8-16(2,3)9-11-17/h4-7H,8-12H2,1-3H3,(H2,18,19). The Morgan fingerprint density at radius 2 is 1.65 bits per heavy atom. The Kier molecular flexibility index (Phi) is 3.03. The van der Waals surface area contributed by atoms with Crippen molar-refractivity contribution in [3.05, 3.63) is 29.8 Å². The second-order valence-electron chi connectivity index (χ2n) is 7.23. The van der Waals surface area contributed by atoms with Crippen LogP contribution in [0.1, 0.15) is 45.1 Å². The SMILES string of the molecule is Cc1ccc(N2C(N)=NCC23CCC(C)(C)CC3)cc1. The van der Waals surface area contributed by atoms with E-state index in [-0.39, 0.29) is 5.54 Å². The summed E-state index contributed by atoms with van der Waals surface area (Å²) in [6, 6.07) is 8.65. The van der Waals surface area contributed by atoms with E-state index in [1.807, 2.05) is 0 Å². The van der Waals surface area contributed by atoms with Crippen LogP contribution < -0.4 is 10.6 Å². The van der Waals surface area contributed by atoms with Gasteiger partial charge >= 0.3 is 0 Å². The van der Waals surface area contributed by atoms with Crippen molar-refractivity contribution < 1.29 is 0 Å². The van der Waals surface area contributed by atoms with E-state index in [0.29, 0.717) is 11.4 Å². The van der Waals surface area contributed by atoms with Gasteiger partial charge < -0.3 is 10.6 Å². The first-order valence-corrected chi connectivity index (χ1v) is 7.59. The fourth-order valence-electron chi connectivity index (χ4n) is 3.49. The largest absolute Gasteiger partial charge is 0.369 e. The van der Waals surface area contributed by atoms with Gasteiger partial charge in [-0.1, -0.05) is 31.5 Å². The zero-order valence-corrected chi connectivity index (χ0v) is 12.8. The van der Waals surface area contributed by atoms with E-state index in [9.17, 15) is 0 Å². The number of guanidine groups is 1. The number of nitrogens with zero attached hydrogens (tertiary/aromatic N) is 2. The molecule has 1 spiro atoms. The maximum absolute atomic E-state index is 6.20. The Morgan fingerprint density at radius 1 is 1.05 bits per heavy atom. The summed E-state index contributed by atoms with van der Waals surface area (Å²) in [5.74, 6) is 0.688. The molecule has 108 valence electrons. The van der Waals surface area contributed by atoms with Crippen LogP contribution in [-0.4, -0.2) is 18.0 Å². The van der Waals surface area contributed by atoms with Crippen molar-refractivity contribution in [2.45, 2.75) is 52.0 Å². The molecule has 2 N–H and O–H groups in total. The zero-order chi connectivity index (χ0) is 14.4. The van der Waals surface area contributed by atoms with Crippen LogP contribution >= 0.6 is 0 Å². The first-order valence-electron chi connectivity index (χ1n) is 7.59. The Bertz CT molecular complexity index is 518. The summed E-state index contributed by atoms with van der Waals surface area (Å²) in [6.45, 7) is 7.71. The highest BCUT2D eigenvalue weighted by atomic mass is 15.4. The van der Waals surface area contributed by atoms with Crippen LogP contribution in [0.25, 0.3) is 0 Å². The fourth-order valence-corrected chi connectivity index (χ4v) is 3.49. The average Bonchev–Trinajstić information content (AvgIpc) is 2.73. The van der Waals surface area contributed by atoms with Crippen LogP contribution in [0, 0.1) is 12.3 Å². The van der Waals surface area contributed by atoms with E-state index in [1.165, 1.54) is 36.9 Å². The summed E-state index contributed by atoms with van der Waals surface area (Å²) in [6.07, 6.45) is 4.85. The number of hydrogen-bond donors (Lipinski definition) is 1. The molecule has 1 fully saturated rings. The fraction of sp³-hybridized carbons (Fsp3) is 0.588. The Balaban J connectivity index is 1.91. The molecule has 1 aliphatic carbocycles. The van der Waals surface area contributed by atoms with Gasteiger partial charge in [0.1, 0.15) is 0 Å². The maximum atomic E-state index is 6.20. The molecular weight excluding hydrogens is 246 g/mol. The molecule has 1 saturated carbocycles. The number of anilines is 1. The highest BCUT2D eigenvalue weighted by Gasteiger charge is 2.46. The third kappa shape index (κ3) is 2.19. The summed E-state index contributed by atoms with van der Waals surface area (Å²) < 4.78 is 0. The molecule has 0 saturated heterocycles. The quantitative estimate of drug-likeness (QED) is 0.849. The molecule has 1 aliphatic heterocycles. The molecule has 0 aromatic heterocycles. The van der Waals surface area contributed by atoms with Crippen LogP contribution in [-0.2, 0) is 0 Å². The molecule has 0 bridgehead atoms. The number of benzene rings is 1. The minimum absolute atomic E-state index is 0.120. The first kappa shape index (κ1) is 13.5. The zero-order valence-electron chi connectivity index (χ0n) is 12.8. The molecule has 2 aliphatic rings. The van der Waals surface area contributed by atoms with Crippen LogP contribution in [0.4, 0.5) is 5.69 Å². The molecule has 3 nitrogen and oxygen atoms in total. The van der Waals surface area contributed by atoms with Crippen molar-refractivity contribution in [1.82, 2.24) is 0 Å². The average molecular weight is 271 g/mol. The second-order valence-corrected chi connectivity index (χ2v) is 7.23. The summed E-state index contributed by atoms with van der Waals surface area (Å²) in [5, 5.41) is 0. The maximum Gasteiger partial charge on any atom is 0.196 e. The summed E-state index contributed by atoms with van der Waals surface area (Å²) in [5.41, 5.74) is 9.25.